The minimum atomic E-state index is -0.937. The van der Waals surface area contributed by atoms with Gasteiger partial charge >= 0.3 is 5.97 Å². The van der Waals surface area contributed by atoms with E-state index < -0.39 is 18.1 Å². The minimum Gasteiger partial charge on any atom is -0.480 e. The molecule has 1 aliphatic rings. The number of aliphatic hydroxyl groups is 1. The number of likely N-dealkylation sites (tertiary alicyclic amines) is 1. The normalized spacial score (nSPS) is 26.1. The second-order valence-corrected chi connectivity index (χ2v) is 3.91. The van der Waals surface area contributed by atoms with Crippen LogP contribution in [0.3, 0.4) is 0 Å². The molecule has 0 aromatic carbocycles. The molecule has 1 aromatic heterocycles. The summed E-state index contributed by atoms with van der Waals surface area (Å²) in [6, 6.07) is -0.679. The average Bonchev–Trinajstić information content (AvgIpc) is 2.74. The summed E-state index contributed by atoms with van der Waals surface area (Å²) in [4.78, 5) is 16.6. The van der Waals surface area contributed by atoms with Crippen molar-refractivity contribution in [3.8, 4) is 0 Å². The predicted octanol–water partition coefficient (Wildman–Crippen LogP) is -0.602. The molecule has 2 unspecified atom stereocenters. The quantitative estimate of drug-likeness (QED) is 0.711. The fraction of sp³-hybridized carbons (Fsp3) is 0.667. The number of aliphatic hydroxyl groups excluding tert-OH is 1. The molecule has 1 aliphatic heterocycles. The Labute approximate surface area is 91.7 Å². The highest BCUT2D eigenvalue weighted by Crippen LogP contribution is 2.20. The van der Waals surface area contributed by atoms with Gasteiger partial charge in [0.1, 0.15) is 6.04 Å². The van der Waals surface area contributed by atoms with Crippen LogP contribution >= 0.6 is 0 Å². The maximum atomic E-state index is 10.9. The Morgan fingerprint density at radius 3 is 3.00 bits per heavy atom. The summed E-state index contributed by atoms with van der Waals surface area (Å²) in [5.41, 5.74) is 0. The molecule has 0 radical (unpaired) electrons. The summed E-state index contributed by atoms with van der Waals surface area (Å²) in [6.45, 7) is 2.27. The molecular weight excluding hydrogens is 214 g/mol. The Morgan fingerprint density at radius 2 is 2.44 bits per heavy atom. The number of carboxylic acid groups (broad SMARTS) is 1. The first-order valence-electron chi connectivity index (χ1n) is 5.00. The molecule has 1 aromatic rings. The zero-order valence-electron chi connectivity index (χ0n) is 8.83. The fourth-order valence-electron chi connectivity index (χ4n) is 1.89. The summed E-state index contributed by atoms with van der Waals surface area (Å²) in [5.74, 6) is -0.0488. The van der Waals surface area contributed by atoms with Crippen LogP contribution in [-0.2, 0) is 11.3 Å². The van der Waals surface area contributed by atoms with Gasteiger partial charge in [0.25, 0.3) is 0 Å². The molecule has 2 N–H and O–H groups in total. The van der Waals surface area contributed by atoms with E-state index in [1.807, 2.05) is 0 Å². The number of aryl methyl sites for hydroxylation is 1. The number of rotatable bonds is 3. The zero-order valence-corrected chi connectivity index (χ0v) is 8.83. The standard InChI is InChI=1S/C9H13N3O4/c1-5-10-8(16-11-5)4-12-3-6(13)2-7(12)9(14)15/h6-7,13H,2-4H2,1H3,(H,14,15). The van der Waals surface area contributed by atoms with Crippen LogP contribution in [0.4, 0.5) is 0 Å². The van der Waals surface area contributed by atoms with Gasteiger partial charge in [0, 0.05) is 13.0 Å². The molecular formula is C9H13N3O4. The summed E-state index contributed by atoms with van der Waals surface area (Å²) >= 11 is 0. The monoisotopic (exact) mass is 227 g/mol. The zero-order chi connectivity index (χ0) is 11.7. The van der Waals surface area contributed by atoms with Gasteiger partial charge < -0.3 is 14.7 Å². The summed E-state index contributed by atoms with van der Waals surface area (Å²) < 4.78 is 4.91. The summed E-state index contributed by atoms with van der Waals surface area (Å²) in [5, 5.41) is 22.0. The Kier molecular flexibility index (Phi) is 2.88. The van der Waals surface area contributed by atoms with Crippen molar-refractivity contribution in [2.75, 3.05) is 6.54 Å². The van der Waals surface area contributed by atoms with Crippen LogP contribution in [0.25, 0.3) is 0 Å². The SMILES string of the molecule is Cc1noc(CN2CC(O)CC2C(=O)O)n1. The third kappa shape index (κ3) is 2.20. The highest BCUT2D eigenvalue weighted by Gasteiger charge is 2.36. The fourth-order valence-corrected chi connectivity index (χ4v) is 1.89. The van der Waals surface area contributed by atoms with E-state index in [0.717, 1.165) is 0 Å². The highest BCUT2D eigenvalue weighted by atomic mass is 16.5. The second-order valence-electron chi connectivity index (χ2n) is 3.91. The van der Waals surface area contributed by atoms with Crippen LogP contribution in [0, 0.1) is 6.92 Å². The van der Waals surface area contributed by atoms with Crippen LogP contribution in [0.1, 0.15) is 18.1 Å². The molecule has 0 bridgehead atoms. The number of aromatic nitrogens is 2. The van der Waals surface area contributed by atoms with Crippen molar-refractivity contribution in [3.63, 3.8) is 0 Å². The first-order valence-corrected chi connectivity index (χ1v) is 5.00. The van der Waals surface area contributed by atoms with E-state index in [4.69, 9.17) is 9.63 Å². The van der Waals surface area contributed by atoms with Crippen LogP contribution in [0.5, 0.6) is 0 Å². The maximum absolute atomic E-state index is 10.9. The van der Waals surface area contributed by atoms with Crippen molar-refractivity contribution in [1.82, 2.24) is 15.0 Å². The second kappa shape index (κ2) is 4.18. The van der Waals surface area contributed by atoms with Gasteiger partial charge in [-0.3, -0.25) is 9.69 Å². The number of hydrogen-bond donors (Lipinski definition) is 2. The van der Waals surface area contributed by atoms with Crippen LogP contribution in [0.2, 0.25) is 0 Å². The molecule has 0 amide bonds. The van der Waals surface area contributed by atoms with Crippen molar-refractivity contribution in [3.05, 3.63) is 11.7 Å². The van der Waals surface area contributed by atoms with Crippen molar-refractivity contribution in [2.45, 2.75) is 32.0 Å². The topological polar surface area (TPSA) is 99.7 Å². The number of nitrogens with zero attached hydrogens (tertiary/aromatic N) is 3. The molecule has 16 heavy (non-hydrogen) atoms. The molecule has 0 aliphatic carbocycles. The number of aliphatic carboxylic acids is 1. The van der Waals surface area contributed by atoms with Gasteiger partial charge in [0.15, 0.2) is 5.82 Å². The molecule has 88 valence electrons. The first-order chi connectivity index (χ1) is 7.56. The van der Waals surface area contributed by atoms with E-state index in [1.54, 1.807) is 11.8 Å². The maximum Gasteiger partial charge on any atom is 0.321 e. The smallest absolute Gasteiger partial charge is 0.321 e. The predicted molar refractivity (Wildman–Crippen MR) is 51.5 cm³/mol. The molecule has 0 spiro atoms. The third-order valence-electron chi connectivity index (χ3n) is 2.57. The Morgan fingerprint density at radius 1 is 1.69 bits per heavy atom. The summed E-state index contributed by atoms with van der Waals surface area (Å²) in [7, 11) is 0. The molecule has 0 saturated carbocycles. The number of carboxylic acids is 1. The van der Waals surface area contributed by atoms with Gasteiger partial charge in [-0.15, -0.1) is 0 Å². The molecule has 1 fully saturated rings. The molecule has 1 saturated heterocycles. The van der Waals surface area contributed by atoms with E-state index in [9.17, 15) is 9.90 Å². The molecule has 2 heterocycles. The van der Waals surface area contributed by atoms with Crippen LogP contribution < -0.4 is 0 Å². The highest BCUT2D eigenvalue weighted by molar-refractivity contribution is 5.73. The Bertz CT molecular complexity index is 392. The van der Waals surface area contributed by atoms with Crippen molar-refractivity contribution in [1.29, 1.82) is 0 Å². The lowest BCUT2D eigenvalue weighted by Crippen LogP contribution is -2.35. The van der Waals surface area contributed by atoms with E-state index >= 15 is 0 Å². The number of carbonyl (C=O) groups is 1. The average molecular weight is 227 g/mol. The summed E-state index contributed by atoms with van der Waals surface area (Å²) in [6.07, 6.45) is -0.368. The van der Waals surface area contributed by atoms with Gasteiger partial charge in [-0.05, 0) is 6.92 Å². The molecule has 2 rings (SSSR count). The van der Waals surface area contributed by atoms with E-state index in [-0.39, 0.29) is 13.0 Å². The third-order valence-corrected chi connectivity index (χ3v) is 2.57. The Hall–Kier alpha value is -1.47. The molecule has 2 atom stereocenters. The van der Waals surface area contributed by atoms with Gasteiger partial charge in [0.2, 0.25) is 5.89 Å². The van der Waals surface area contributed by atoms with Gasteiger partial charge in [0.05, 0.1) is 12.6 Å². The molecule has 7 heteroatoms. The van der Waals surface area contributed by atoms with E-state index in [2.05, 4.69) is 10.1 Å². The Balaban J connectivity index is 2.05. The van der Waals surface area contributed by atoms with Gasteiger partial charge in [-0.2, -0.15) is 4.98 Å². The number of β-amino-alcohol motifs (C(OH)–C–C–N with tert-alkyl or cyclic N) is 1. The largest absolute Gasteiger partial charge is 0.480 e. The lowest BCUT2D eigenvalue weighted by molar-refractivity contribution is -0.142. The van der Waals surface area contributed by atoms with Gasteiger partial charge in [-0.1, -0.05) is 5.16 Å². The van der Waals surface area contributed by atoms with Crippen molar-refractivity contribution in [2.24, 2.45) is 0 Å². The van der Waals surface area contributed by atoms with E-state index in [0.29, 0.717) is 18.3 Å². The minimum absolute atomic E-state index is 0.239. The van der Waals surface area contributed by atoms with Crippen molar-refractivity contribution < 1.29 is 19.5 Å². The van der Waals surface area contributed by atoms with Crippen LogP contribution in [-0.4, -0.2) is 49.9 Å². The first kappa shape index (κ1) is 11.0. The lowest BCUT2D eigenvalue weighted by Gasteiger charge is -2.17. The van der Waals surface area contributed by atoms with Crippen molar-refractivity contribution >= 4 is 5.97 Å². The lowest BCUT2D eigenvalue weighted by atomic mass is 10.2. The molecule has 7 nitrogen and oxygen atoms in total. The number of hydrogen-bond acceptors (Lipinski definition) is 6. The van der Waals surface area contributed by atoms with Crippen LogP contribution in [0.15, 0.2) is 4.52 Å². The van der Waals surface area contributed by atoms with E-state index in [1.165, 1.54) is 0 Å². The van der Waals surface area contributed by atoms with Gasteiger partial charge in [-0.25, -0.2) is 0 Å².